The average Bonchev–Trinajstić information content (AvgIpc) is 3.11. The first-order chi connectivity index (χ1) is 14.5. The molecule has 1 heterocycles. The van der Waals surface area contributed by atoms with E-state index in [1.54, 1.807) is 0 Å². The van der Waals surface area contributed by atoms with Gasteiger partial charge in [0.1, 0.15) is 0 Å². The average molecular weight is 427 g/mol. The van der Waals surface area contributed by atoms with Crippen LogP contribution in [0.3, 0.4) is 0 Å². The summed E-state index contributed by atoms with van der Waals surface area (Å²) in [5.41, 5.74) is 6.67. The molecule has 4 aliphatic rings. The Bertz CT molecular complexity index is 939. The standard InChI is InChI=1S/C21H26N6O2S/c22-19-25-20(27-26-19)30-11-17(28)23-15-2-1-3-16(7-15)24-18(29)21-8-12-4-13(9-21)6-14(5-12)10-21/h1-3,7,12-14H,4-6,8-11H2,(H,23,28)(H,24,29)(H3,22,25,26,27). The van der Waals surface area contributed by atoms with E-state index in [0.717, 1.165) is 42.7 Å². The second-order valence-electron chi connectivity index (χ2n) is 9.07. The van der Waals surface area contributed by atoms with Crippen LogP contribution in [-0.4, -0.2) is 32.7 Å². The molecule has 0 unspecified atom stereocenters. The quantitative estimate of drug-likeness (QED) is 0.525. The van der Waals surface area contributed by atoms with E-state index in [1.807, 2.05) is 24.3 Å². The number of benzene rings is 1. The topological polar surface area (TPSA) is 126 Å². The molecule has 4 fully saturated rings. The fourth-order valence-electron chi connectivity index (χ4n) is 5.98. The van der Waals surface area contributed by atoms with Crippen LogP contribution in [0.2, 0.25) is 0 Å². The summed E-state index contributed by atoms with van der Waals surface area (Å²) >= 11 is 1.20. The number of carbonyl (C=O) groups is 2. The van der Waals surface area contributed by atoms with Crippen LogP contribution in [0, 0.1) is 23.2 Å². The van der Waals surface area contributed by atoms with E-state index in [0.29, 0.717) is 10.8 Å². The molecule has 158 valence electrons. The first-order valence-electron chi connectivity index (χ1n) is 10.5. The molecule has 0 atom stereocenters. The lowest BCUT2D eigenvalue weighted by Gasteiger charge is -2.55. The summed E-state index contributed by atoms with van der Waals surface area (Å²) in [6, 6.07) is 7.34. The molecule has 2 amide bonds. The lowest BCUT2D eigenvalue weighted by molar-refractivity contribution is -0.140. The van der Waals surface area contributed by atoms with Crippen molar-refractivity contribution in [3.8, 4) is 0 Å². The number of amides is 2. The number of anilines is 3. The maximum absolute atomic E-state index is 13.2. The van der Waals surface area contributed by atoms with Crippen molar-refractivity contribution in [3.63, 3.8) is 0 Å². The molecule has 0 saturated heterocycles. The molecule has 1 aromatic carbocycles. The first-order valence-corrected chi connectivity index (χ1v) is 11.5. The van der Waals surface area contributed by atoms with Crippen LogP contribution in [0.1, 0.15) is 38.5 Å². The molecule has 6 rings (SSSR count). The maximum atomic E-state index is 13.2. The van der Waals surface area contributed by atoms with Crippen LogP contribution in [-0.2, 0) is 9.59 Å². The number of aromatic amines is 1. The molecule has 4 aliphatic carbocycles. The number of carbonyl (C=O) groups excluding carboxylic acids is 2. The zero-order valence-electron chi connectivity index (χ0n) is 16.7. The van der Waals surface area contributed by atoms with Gasteiger partial charge in [-0.15, -0.1) is 5.10 Å². The van der Waals surface area contributed by atoms with Gasteiger partial charge < -0.3 is 16.4 Å². The Morgan fingerprint density at radius 1 is 1.10 bits per heavy atom. The minimum absolute atomic E-state index is 0.155. The van der Waals surface area contributed by atoms with E-state index >= 15 is 0 Å². The fourth-order valence-corrected chi connectivity index (χ4v) is 6.58. The van der Waals surface area contributed by atoms with Crippen molar-refractivity contribution >= 4 is 40.9 Å². The number of rotatable bonds is 6. The molecule has 2 aromatic rings. The molecule has 4 bridgehead atoms. The van der Waals surface area contributed by atoms with Gasteiger partial charge in [0.25, 0.3) is 0 Å². The highest BCUT2D eigenvalue weighted by Crippen LogP contribution is 2.60. The second kappa shape index (κ2) is 7.61. The number of nitrogens with one attached hydrogen (secondary N) is 3. The van der Waals surface area contributed by atoms with Crippen molar-refractivity contribution in [2.75, 3.05) is 22.1 Å². The van der Waals surface area contributed by atoms with Crippen molar-refractivity contribution in [1.29, 1.82) is 0 Å². The zero-order valence-corrected chi connectivity index (χ0v) is 17.5. The summed E-state index contributed by atoms with van der Waals surface area (Å²) in [6.45, 7) is 0. The van der Waals surface area contributed by atoms with Crippen molar-refractivity contribution < 1.29 is 9.59 Å². The molecule has 9 heteroatoms. The highest BCUT2D eigenvalue weighted by molar-refractivity contribution is 7.99. The first kappa shape index (κ1) is 19.4. The molecular weight excluding hydrogens is 400 g/mol. The normalized spacial score (nSPS) is 29.0. The van der Waals surface area contributed by atoms with E-state index < -0.39 is 0 Å². The molecule has 30 heavy (non-hydrogen) atoms. The van der Waals surface area contributed by atoms with E-state index in [4.69, 9.17) is 5.73 Å². The summed E-state index contributed by atoms with van der Waals surface area (Å²) in [4.78, 5) is 29.4. The summed E-state index contributed by atoms with van der Waals surface area (Å²) < 4.78 is 0. The van der Waals surface area contributed by atoms with E-state index in [9.17, 15) is 9.59 Å². The van der Waals surface area contributed by atoms with Gasteiger partial charge in [0.2, 0.25) is 22.9 Å². The Morgan fingerprint density at radius 2 is 1.73 bits per heavy atom. The lowest BCUT2D eigenvalue weighted by atomic mass is 9.49. The van der Waals surface area contributed by atoms with Gasteiger partial charge in [0.05, 0.1) is 11.2 Å². The SMILES string of the molecule is Nc1nc(SCC(=O)Nc2cccc(NC(=O)C34CC5CC(CC(C5)C3)C4)c2)n[nH]1. The summed E-state index contributed by atoms with van der Waals surface area (Å²) in [5.74, 6) is 2.55. The number of H-pyrrole nitrogens is 1. The molecule has 5 N–H and O–H groups in total. The van der Waals surface area contributed by atoms with Crippen LogP contribution in [0.4, 0.5) is 17.3 Å². The largest absolute Gasteiger partial charge is 0.368 e. The number of hydrogen-bond acceptors (Lipinski definition) is 6. The van der Waals surface area contributed by atoms with Crippen molar-refractivity contribution in [1.82, 2.24) is 15.2 Å². The number of hydrogen-bond donors (Lipinski definition) is 4. The third-order valence-electron chi connectivity index (χ3n) is 6.74. The van der Waals surface area contributed by atoms with Gasteiger partial charge in [-0.05, 0) is 74.5 Å². The van der Waals surface area contributed by atoms with Gasteiger partial charge in [0.15, 0.2) is 0 Å². The van der Waals surface area contributed by atoms with Crippen molar-refractivity contribution in [2.24, 2.45) is 23.2 Å². The number of thioether (sulfide) groups is 1. The Kier molecular flexibility index (Phi) is 4.92. The minimum Gasteiger partial charge on any atom is -0.368 e. The number of nitrogen functional groups attached to an aromatic ring is 1. The molecular formula is C21H26N6O2S. The molecule has 0 aliphatic heterocycles. The van der Waals surface area contributed by atoms with E-state index in [-0.39, 0.29) is 28.9 Å². The Morgan fingerprint density at radius 3 is 2.33 bits per heavy atom. The predicted octanol–water partition coefficient (Wildman–Crippen LogP) is 3.27. The minimum atomic E-state index is -0.191. The van der Waals surface area contributed by atoms with Gasteiger partial charge in [-0.2, -0.15) is 4.98 Å². The molecule has 0 spiro atoms. The maximum Gasteiger partial charge on any atom is 0.234 e. The van der Waals surface area contributed by atoms with Crippen LogP contribution < -0.4 is 16.4 Å². The van der Waals surface area contributed by atoms with Crippen molar-refractivity contribution in [2.45, 2.75) is 43.7 Å². The van der Waals surface area contributed by atoms with Gasteiger partial charge in [-0.25, -0.2) is 5.10 Å². The number of aromatic nitrogens is 3. The zero-order chi connectivity index (χ0) is 20.7. The van der Waals surface area contributed by atoms with E-state index in [2.05, 4.69) is 25.8 Å². The third kappa shape index (κ3) is 3.90. The van der Waals surface area contributed by atoms with Crippen LogP contribution in [0.5, 0.6) is 0 Å². The van der Waals surface area contributed by atoms with Crippen LogP contribution in [0.15, 0.2) is 29.4 Å². The van der Waals surface area contributed by atoms with Crippen molar-refractivity contribution in [3.05, 3.63) is 24.3 Å². The molecule has 0 radical (unpaired) electrons. The van der Waals surface area contributed by atoms with Crippen LogP contribution >= 0.6 is 11.8 Å². The third-order valence-corrected chi connectivity index (χ3v) is 7.59. The molecule has 8 nitrogen and oxygen atoms in total. The predicted molar refractivity (Wildman–Crippen MR) is 116 cm³/mol. The second-order valence-corrected chi connectivity index (χ2v) is 10.0. The summed E-state index contributed by atoms with van der Waals surface area (Å²) in [7, 11) is 0. The number of nitrogens with zero attached hydrogens (tertiary/aromatic N) is 2. The van der Waals surface area contributed by atoms with Gasteiger partial charge in [-0.3, -0.25) is 9.59 Å². The Labute approximate surface area is 179 Å². The molecule has 1 aromatic heterocycles. The summed E-state index contributed by atoms with van der Waals surface area (Å²) in [5, 5.41) is 12.9. The fraction of sp³-hybridized carbons (Fsp3) is 0.524. The Hall–Kier alpha value is -2.55. The molecule has 4 saturated carbocycles. The highest BCUT2D eigenvalue weighted by atomic mass is 32.2. The van der Waals surface area contributed by atoms with Gasteiger partial charge >= 0.3 is 0 Å². The number of nitrogens with two attached hydrogens (primary N) is 1. The smallest absolute Gasteiger partial charge is 0.234 e. The van der Waals surface area contributed by atoms with Crippen LogP contribution in [0.25, 0.3) is 0 Å². The monoisotopic (exact) mass is 426 g/mol. The summed E-state index contributed by atoms with van der Waals surface area (Å²) in [6.07, 6.45) is 7.03. The highest BCUT2D eigenvalue weighted by Gasteiger charge is 2.54. The Balaban J connectivity index is 1.20. The van der Waals surface area contributed by atoms with Gasteiger partial charge in [-0.1, -0.05) is 17.8 Å². The van der Waals surface area contributed by atoms with E-state index in [1.165, 1.54) is 31.0 Å². The lowest BCUT2D eigenvalue weighted by Crippen LogP contribution is -2.51. The van der Waals surface area contributed by atoms with Gasteiger partial charge in [0, 0.05) is 11.4 Å².